The average molecular weight is 505 g/mol. The number of likely N-dealkylation sites (N-methyl/N-ethyl adjacent to an activating group) is 1. The molecule has 1 fully saturated rings. The van der Waals surface area contributed by atoms with Gasteiger partial charge in [0.15, 0.2) is 0 Å². The maximum atomic E-state index is 13.4. The van der Waals surface area contributed by atoms with E-state index in [0.29, 0.717) is 12.5 Å². The quantitative estimate of drug-likeness (QED) is 0.332. The van der Waals surface area contributed by atoms with Crippen LogP contribution in [0.1, 0.15) is 44.2 Å². The van der Waals surface area contributed by atoms with E-state index in [-0.39, 0.29) is 23.3 Å². The molecule has 2 aromatic rings. The Kier molecular flexibility index (Phi) is 8.38. The lowest BCUT2D eigenvalue weighted by Crippen LogP contribution is -2.42. The highest BCUT2D eigenvalue weighted by molar-refractivity contribution is 5.81. The minimum absolute atomic E-state index is 0.107. The van der Waals surface area contributed by atoms with Gasteiger partial charge in [-0.25, -0.2) is 9.18 Å². The molecule has 2 amide bonds. The van der Waals surface area contributed by atoms with Crippen molar-refractivity contribution in [3.8, 4) is 0 Å². The SMILES string of the molecule is CN(C)CCNC(=O)NC(C[C@H]1CCC2=CC(Nc3ccc(F)cc3)=C(C=N)C[C@@]21C)c1cccnc1. The molecule has 7 nitrogen and oxygen atoms in total. The van der Waals surface area contributed by atoms with Crippen LogP contribution in [-0.4, -0.2) is 49.3 Å². The molecule has 1 heterocycles. The van der Waals surface area contributed by atoms with Crippen molar-refractivity contribution in [3.63, 3.8) is 0 Å². The van der Waals surface area contributed by atoms with Crippen LogP contribution in [-0.2, 0) is 0 Å². The summed E-state index contributed by atoms with van der Waals surface area (Å²) in [7, 11) is 3.96. The summed E-state index contributed by atoms with van der Waals surface area (Å²) in [6.07, 6.45) is 10.7. The summed E-state index contributed by atoms with van der Waals surface area (Å²) in [5.41, 5.74) is 4.86. The van der Waals surface area contributed by atoms with Crippen LogP contribution in [0.3, 0.4) is 0 Å². The number of carbonyl (C=O) groups is 1. The highest BCUT2D eigenvalue weighted by atomic mass is 19.1. The topological polar surface area (TPSA) is 93.1 Å². The normalized spacial score (nSPS) is 21.8. The van der Waals surface area contributed by atoms with Crippen molar-refractivity contribution in [2.75, 3.05) is 32.5 Å². The van der Waals surface area contributed by atoms with Crippen molar-refractivity contribution < 1.29 is 9.18 Å². The fraction of sp³-hybridized carbons (Fsp3) is 0.414. The summed E-state index contributed by atoms with van der Waals surface area (Å²) in [6.45, 7) is 3.63. The van der Waals surface area contributed by atoms with E-state index in [2.05, 4.69) is 33.9 Å². The Labute approximate surface area is 218 Å². The molecule has 1 unspecified atom stereocenters. The zero-order chi connectivity index (χ0) is 26.4. The number of nitrogens with zero attached hydrogens (tertiary/aromatic N) is 2. The van der Waals surface area contributed by atoms with E-state index < -0.39 is 0 Å². The zero-order valence-corrected chi connectivity index (χ0v) is 21.9. The number of fused-ring (bicyclic) bond motifs is 1. The largest absolute Gasteiger partial charge is 0.355 e. The highest BCUT2D eigenvalue weighted by Crippen LogP contribution is 2.56. The Bertz CT molecular complexity index is 1160. The number of allylic oxidation sites excluding steroid dienone is 3. The molecular weight excluding hydrogens is 467 g/mol. The first kappa shape index (κ1) is 26.5. The molecule has 0 bridgehead atoms. The first-order chi connectivity index (χ1) is 17.8. The van der Waals surface area contributed by atoms with Crippen molar-refractivity contribution in [2.24, 2.45) is 11.3 Å². The van der Waals surface area contributed by atoms with Crippen LogP contribution in [0.2, 0.25) is 0 Å². The van der Waals surface area contributed by atoms with Gasteiger partial charge in [0.1, 0.15) is 5.82 Å². The number of hydrogen-bond acceptors (Lipinski definition) is 5. The van der Waals surface area contributed by atoms with Crippen LogP contribution in [0.4, 0.5) is 14.9 Å². The van der Waals surface area contributed by atoms with Gasteiger partial charge in [-0.15, -0.1) is 0 Å². The molecule has 0 saturated heterocycles. The first-order valence-electron chi connectivity index (χ1n) is 12.8. The number of aromatic nitrogens is 1. The van der Waals surface area contributed by atoms with E-state index in [1.54, 1.807) is 18.3 Å². The number of carbonyl (C=O) groups excluding carboxylic acids is 1. The van der Waals surface area contributed by atoms with Crippen LogP contribution >= 0.6 is 0 Å². The van der Waals surface area contributed by atoms with Gasteiger partial charge < -0.3 is 26.3 Å². The summed E-state index contributed by atoms with van der Waals surface area (Å²) in [4.78, 5) is 19.1. The lowest BCUT2D eigenvalue weighted by molar-refractivity contribution is 0.215. The molecule has 3 atom stereocenters. The third kappa shape index (κ3) is 6.43. The minimum atomic E-state index is -0.275. The number of rotatable bonds is 10. The molecule has 37 heavy (non-hydrogen) atoms. The molecule has 8 heteroatoms. The fourth-order valence-electron chi connectivity index (χ4n) is 5.51. The summed E-state index contributed by atoms with van der Waals surface area (Å²) in [5, 5.41) is 17.6. The van der Waals surface area contributed by atoms with Crippen LogP contribution in [0, 0.1) is 22.6 Å². The zero-order valence-electron chi connectivity index (χ0n) is 21.9. The highest BCUT2D eigenvalue weighted by Gasteiger charge is 2.45. The smallest absolute Gasteiger partial charge is 0.315 e. The number of urea groups is 1. The number of nitrogens with one attached hydrogen (secondary N) is 4. The van der Waals surface area contributed by atoms with E-state index >= 15 is 0 Å². The molecule has 0 radical (unpaired) electrons. The molecule has 2 aliphatic carbocycles. The van der Waals surface area contributed by atoms with Gasteiger partial charge >= 0.3 is 6.03 Å². The molecule has 196 valence electrons. The van der Waals surface area contributed by atoms with E-state index in [1.165, 1.54) is 23.9 Å². The summed E-state index contributed by atoms with van der Waals surface area (Å²) in [6, 6.07) is 9.86. The maximum absolute atomic E-state index is 13.4. The summed E-state index contributed by atoms with van der Waals surface area (Å²) < 4.78 is 13.4. The van der Waals surface area contributed by atoms with Crippen molar-refractivity contribution in [1.82, 2.24) is 20.5 Å². The molecule has 1 aromatic heterocycles. The Balaban J connectivity index is 1.51. The van der Waals surface area contributed by atoms with Crippen LogP contribution < -0.4 is 16.0 Å². The molecular formula is C29H37FN6O. The standard InChI is InChI=1S/C29H37FN6O/c1-29-17-21(18-31)27(34-25-10-8-24(30)9-11-25)16-23(29)7-6-22(29)15-26(20-5-4-12-32-19-20)35-28(37)33-13-14-36(2)3/h4-5,8-12,16,18-19,22,26,31,34H,6-7,13-15,17H2,1-3H3,(H2,33,35,37)/t22-,26?,29-/m1/s1. The third-order valence-electron chi connectivity index (χ3n) is 7.67. The predicted molar refractivity (Wildman–Crippen MR) is 146 cm³/mol. The fourth-order valence-corrected chi connectivity index (χ4v) is 5.51. The second kappa shape index (κ2) is 11.7. The molecule has 1 saturated carbocycles. The second-order valence-electron chi connectivity index (χ2n) is 10.5. The summed E-state index contributed by atoms with van der Waals surface area (Å²) in [5.74, 6) is 0.0523. The molecule has 4 N–H and O–H groups in total. The third-order valence-corrected chi connectivity index (χ3v) is 7.67. The number of benzene rings is 1. The van der Waals surface area contributed by atoms with Gasteiger partial charge in [0, 0.05) is 43.1 Å². The van der Waals surface area contributed by atoms with Gasteiger partial charge in [-0.1, -0.05) is 18.6 Å². The van der Waals surface area contributed by atoms with Crippen molar-refractivity contribution in [3.05, 3.63) is 83.1 Å². The van der Waals surface area contributed by atoms with Crippen molar-refractivity contribution in [1.29, 1.82) is 5.41 Å². The number of halogens is 1. The first-order valence-corrected chi connectivity index (χ1v) is 12.8. The Hall–Kier alpha value is -3.52. The van der Waals surface area contributed by atoms with E-state index in [1.807, 2.05) is 37.3 Å². The van der Waals surface area contributed by atoms with Crippen LogP contribution in [0.15, 0.2) is 71.7 Å². The van der Waals surface area contributed by atoms with Gasteiger partial charge in [0.25, 0.3) is 0 Å². The Morgan fingerprint density at radius 1 is 1.30 bits per heavy atom. The van der Waals surface area contributed by atoms with Gasteiger partial charge in [0.05, 0.1) is 6.04 Å². The van der Waals surface area contributed by atoms with Gasteiger partial charge in [-0.2, -0.15) is 0 Å². The summed E-state index contributed by atoms with van der Waals surface area (Å²) >= 11 is 0. The number of anilines is 1. The Morgan fingerprint density at radius 3 is 2.76 bits per heavy atom. The predicted octanol–water partition coefficient (Wildman–Crippen LogP) is 5.27. The Morgan fingerprint density at radius 2 is 2.08 bits per heavy atom. The lowest BCUT2D eigenvalue weighted by Gasteiger charge is -2.38. The molecule has 4 rings (SSSR count). The number of hydrogen-bond donors (Lipinski definition) is 4. The average Bonchev–Trinajstić information content (AvgIpc) is 3.19. The second-order valence-corrected chi connectivity index (χ2v) is 10.5. The van der Waals surface area contributed by atoms with Crippen molar-refractivity contribution >= 4 is 17.9 Å². The van der Waals surface area contributed by atoms with E-state index in [9.17, 15) is 9.18 Å². The minimum Gasteiger partial charge on any atom is -0.355 e. The monoisotopic (exact) mass is 504 g/mol. The lowest BCUT2D eigenvalue weighted by atomic mass is 9.67. The molecule has 0 aliphatic heterocycles. The number of pyridine rings is 1. The van der Waals surface area contributed by atoms with Gasteiger partial charge in [0.2, 0.25) is 0 Å². The number of amides is 2. The van der Waals surface area contributed by atoms with Gasteiger partial charge in [-0.3, -0.25) is 4.98 Å². The molecule has 1 aromatic carbocycles. The molecule has 0 spiro atoms. The van der Waals surface area contributed by atoms with Crippen molar-refractivity contribution in [2.45, 2.75) is 38.6 Å². The van der Waals surface area contributed by atoms with Crippen LogP contribution in [0.25, 0.3) is 0 Å². The van der Waals surface area contributed by atoms with Crippen LogP contribution in [0.5, 0.6) is 0 Å². The molecule has 2 aliphatic rings. The van der Waals surface area contributed by atoms with E-state index in [0.717, 1.165) is 54.7 Å². The van der Waals surface area contributed by atoms with E-state index in [4.69, 9.17) is 5.41 Å². The maximum Gasteiger partial charge on any atom is 0.315 e. The van der Waals surface area contributed by atoms with Gasteiger partial charge in [-0.05, 0) is 98.7 Å².